The highest BCUT2D eigenvalue weighted by Crippen LogP contribution is 2.33. The maximum atomic E-state index is 11.1. The van der Waals surface area contributed by atoms with Gasteiger partial charge in [-0.3, -0.25) is 10.1 Å². The molecule has 2 aromatic rings. The number of anilines is 2. The van der Waals surface area contributed by atoms with Gasteiger partial charge in [-0.25, -0.2) is 4.79 Å². The monoisotopic (exact) mass is 350 g/mol. The first-order chi connectivity index (χ1) is 9.90. The van der Waals surface area contributed by atoms with Crippen molar-refractivity contribution in [2.75, 3.05) is 5.32 Å². The van der Waals surface area contributed by atoms with Crippen LogP contribution in [0.3, 0.4) is 0 Å². The SMILES string of the molecule is Cc1cccc(Nc2ccc(C(=O)O)cc2[N+](=O)[O-])c1Br. The minimum Gasteiger partial charge on any atom is -0.478 e. The van der Waals surface area contributed by atoms with Crippen molar-refractivity contribution in [2.24, 2.45) is 0 Å². The summed E-state index contributed by atoms with van der Waals surface area (Å²) in [5.41, 5.74) is 1.46. The summed E-state index contributed by atoms with van der Waals surface area (Å²) in [7, 11) is 0. The van der Waals surface area contributed by atoms with Gasteiger partial charge in [-0.1, -0.05) is 12.1 Å². The number of aromatic carboxylic acids is 1. The maximum absolute atomic E-state index is 11.1. The second-order valence-electron chi connectivity index (χ2n) is 4.36. The predicted molar refractivity (Wildman–Crippen MR) is 82.2 cm³/mol. The molecule has 21 heavy (non-hydrogen) atoms. The van der Waals surface area contributed by atoms with Gasteiger partial charge in [-0.2, -0.15) is 0 Å². The van der Waals surface area contributed by atoms with Crippen LogP contribution in [0.25, 0.3) is 0 Å². The zero-order valence-corrected chi connectivity index (χ0v) is 12.5. The molecule has 0 aliphatic carbocycles. The molecule has 0 spiro atoms. The van der Waals surface area contributed by atoms with Gasteiger partial charge >= 0.3 is 5.97 Å². The summed E-state index contributed by atoms with van der Waals surface area (Å²) in [4.78, 5) is 21.4. The van der Waals surface area contributed by atoms with E-state index in [0.29, 0.717) is 5.69 Å². The van der Waals surface area contributed by atoms with Gasteiger partial charge in [0.1, 0.15) is 5.69 Å². The van der Waals surface area contributed by atoms with E-state index in [1.165, 1.54) is 12.1 Å². The summed E-state index contributed by atoms with van der Waals surface area (Å²) in [6.45, 7) is 1.90. The molecule has 0 unspecified atom stereocenters. The molecule has 2 aromatic carbocycles. The van der Waals surface area contributed by atoms with Gasteiger partial charge in [0.25, 0.3) is 5.69 Å². The number of carboxylic acid groups (broad SMARTS) is 1. The van der Waals surface area contributed by atoms with Crippen molar-refractivity contribution in [1.82, 2.24) is 0 Å². The van der Waals surface area contributed by atoms with Crippen LogP contribution in [0.4, 0.5) is 17.1 Å². The van der Waals surface area contributed by atoms with Crippen molar-refractivity contribution in [3.63, 3.8) is 0 Å². The van der Waals surface area contributed by atoms with Crippen LogP contribution in [-0.4, -0.2) is 16.0 Å². The summed E-state index contributed by atoms with van der Waals surface area (Å²) in [5, 5.41) is 22.9. The number of halogens is 1. The smallest absolute Gasteiger partial charge is 0.335 e. The van der Waals surface area contributed by atoms with E-state index in [-0.39, 0.29) is 16.9 Å². The third-order valence-electron chi connectivity index (χ3n) is 2.90. The number of nitrogens with one attached hydrogen (secondary N) is 1. The van der Waals surface area contributed by atoms with Crippen LogP contribution in [0.15, 0.2) is 40.9 Å². The van der Waals surface area contributed by atoms with E-state index in [4.69, 9.17) is 5.11 Å². The molecule has 2 N–H and O–H groups in total. The Labute approximate surface area is 128 Å². The molecule has 0 aromatic heterocycles. The Morgan fingerprint density at radius 1 is 1.29 bits per heavy atom. The van der Waals surface area contributed by atoms with E-state index < -0.39 is 10.9 Å². The van der Waals surface area contributed by atoms with Crippen LogP contribution in [0.1, 0.15) is 15.9 Å². The Hall–Kier alpha value is -2.41. The number of hydrogen-bond acceptors (Lipinski definition) is 4. The molecular formula is C14H11BrN2O4. The molecule has 6 nitrogen and oxygen atoms in total. The molecular weight excluding hydrogens is 340 g/mol. The van der Waals surface area contributed by atoms with Gasteiger partial charge in [0.05, 0.1) is 16.2 Å². The van der Waals surface area contributed by atoms with E-state index >= 15 is 0 Å². The Balaban J connectivity index is 2.46. The van der Waals surface area contributed by atoms with Crippen molar-refractivity contribution < 1.29 is 14.8 Å². The predicted octanol–water partition coefficient (Wildman–Crippen LogP) is 4.11. The maximum Gasteiger partial charge on any atom is 0.335 e. The number of nitro benzene ring substituents is 1. The molecule has 0 bridgehead atoms. The molecule has 0 amide bonds. The number of rotatable bonds is 4. The van der Waals surface area contributed by atoms with Crippen LogP contribution in [0, 0.1) is 17.0 Å². The lowest BCUT2D eigenvalue weighted by Crippen LogP contribution is -2.02. The number of nitro groups is 1. The highest BCUT2D eigenvalue weighted by atomic mass is 79.9. The normalized spacial score (nSPS) is 10.2. The lowest BCUT2D eigenvalue weighted by molar-refractivity contribution is -0.383. The van der Waals surface area contributed by atoms with Gasteiger partial charge in [0.2, 0.25) is 0 Å². The van der Waals surface area contributed by atoms with Crippen molar-refractivity contribution >= 4 is 39.0 Å². The van der Waals surface area contributed by atoms with Crippen LogP contribution in [0.2, 0.25) is 0 Å². The lowest BCUT2D eigenvalue weighted by atomic mass is 10.1. The van der Waals surface area contributed by atoms with Crippen molar-refractivity contribution in [1.29, 1.82) is 0 Å². The third kappa shape index (κ3) is 3.19. The summed E-state index contributed by atoms with van der Waals surface area (Å²) in [5.74, 6) is -1.21. The minimum absolute atomic E-state index is 0.129. The van der Waals surface area contributed by atoms with Crippen LogP contribution in [0.5, 0.6) is 0 Å². The molecule has 7 heteroatoms. The molecule has 0 aliphatic heterocycles. The largest absolute Gasteiger partial charge is 0.478 e. The molecule has 0 radical (unpaired) electrons. The van der Waals surface area contributed by atoms with Crippen molar-refractivity contribution in [2.45, 2.75) is 6.92 Å². The highest BCUT2D eigenvalue weighted by Gasteiger charge is 2.18. The summed E-state index contributed by atoms with van der Waals surface area (Å²) >= 11 is 3.41. The van der Waals surface area contributed by atoms with Crippen LogP contribution < -0.4 is 5.32 Å². The number of nitrogens with zero attached hydrogens (tertiary/aromatic N) is 1. The standard InChI is InChI=1S/C14H11BrN2O4/c1-8-3-2-4-11(13(8)15)16-10-6-5-9(14(18)19)7-12(10)17(20)21/h2-7,16H,1H3,(H,18,19). The van der Waals surface area contributed by atoms with Gasteiger partial charge in [-0.15, -0.1) is 0 Å². The van der Waals surface area contributed by atoms with Gasteiger partial charge < -0.3 is 10.4 Å². The van der Waals surface area contributed by atoms with Crippen molar-refractivity contribution in [3.8, 4) is 0 Å². The minimum atomic E-state index is -1.21. The number of benzene rings is 2. The summed E-state index contributed by atoms with van der Waals surface area (Å²) in [6, 6.07) is 9.23. The van der Waals surface area contributed by atoms with E-state index in [0.717, 1.165) is 16.1 Å². The molecule has 0 saturated heterocycles. The van der Waals surface area contributed by atoms with Crippen LogP contribution in [-0.2, 0) is 0 Å². The van der Waals surface area contributed by atoms with Crippen molar-refractivity contribution in [3.05, 3.63) is 62.1 Å². The summed E-state index contributed by atoms with van der Waals surface area (Å²) in [6.07, 6.45) is 0. The Morgan fingerprint density at radius 3 is 2.62 bits per heavy atom. The van der Waals surface area contributed by atoms with Gasteiger partial charge in [0, 0.05) is 10.5 Å². The quantitative estimate of drug-likeness (QED) is 0.639. The fourth-order valence-corrected chi connectivity index (χ4v) is 2.17. The number of aryl methyl sites for hydroxylation is 1. The molecule has 0 saturated carbocycles. The molecule has 0 aliphatic rings. The average molecular weight is 351 g/mol. The zero-order chi connectivity index (χ0) is 15.6. The third-order valence-corrected chi connectivity index (χ3v) is 3.96. The molecule has 0 atom stereocenters. The first-order valence-corrected chi connectivity index (χ1v) is 6.73. The van der Waals surface area contributed by atoms with E-state index in [9.17, 15) is 14.9 Å². The zero-order valence-electron chi connectivity index (χ0n) is 11.0. The second-order valence-corrected chi connectivity index (χ2v) is 5.15. The Kier molecular flexibility index (Phi) is 4.23. The first kappa shape index (κ1) is 15.0. The molecule has 0 fully saturated rings. The fraction of sp³-hybridized carbons (Fsp3) is 0.0714. The fourth-order valence-electron chi connectivity index (χ4n) is 1.81. The molecule has 108 valence electrons. The van der Waals surface area contributed by atoms with E-state index in [1.807, 2.05) is 19.1 Å². The van der Waals surface area contributed by atoms with Gasteiger partial charge in [0.15, 0.2) is 0 Å². The topological polar surface area (TPSA) is 92.5 Å². The second kappa shape index (κ2) is 5.92. The average Bonchev–Trinajstić information content (AvgIpc) is 2.43. The van der Waals surface area contributed by atoms with Gasteiger partial charge in [-0.05, 0) is 46.6 Å². The molecule has 0 heterocycles. The molecule has 2 rings (SSSR count). The number of carboxylic acids is 1. The lowest BCUT2D eigenvalue weighted by Gasteiger charge is -2.11. The van der Waals surface area contributed by atoms with E-state index in [2.05, 4.69) is 21.2 Å². The number of carbonyl (C=O) groups is 1. The Bertz CT molecular complexity index is 731. The summed E-state index contributed by atoms with van der Waals surface area (Å²) < 4.78 is 0.793. The van der Waals surface area contributed by atoms with Crippen LogP contribution >= 0.6 is 15.9 Å². The van der Waals surface area contributed by atoms with E-state index in [1.54, 1.807) is 6.07 Å². The number of hydrogen-bond donors (Lipinski definition) is 2. The Morgan fingerprint density at radius 2 is 2.00 bits per heavy atom. The first-order valence-electron chi connectivity index (χ1n) is 5.94. The highest BCUT2D eigenvalue weighted by molar-refractivity contribution is 9.10.